The molecule has 0 radical (unpaired) electrons. The average Bonchev–Trinajstić information content (AvgIpc) is 3.28. The van der Waals surface area contributed by atoms with Gasteiger partial charge in [-0.1, -0.05) is 6.07 Å². The summed E-state index contributed by atoms with van der Waals surface area (Å²) in [7, 11) is 1.64. The van der Waals surface area contributed by atoms with Crippen molar-refractivity contribution in [1.82, 2.24) is 14.9 Å². The largest absolute Gasteiger partial charge is 0.497 e. The summed E-state index contributed by atoms with van der Waals surface area (Å²) in [6, 6.07) is 13.4. The molecule has 0 unspecified atom stereocenters. The molecule has 0 saturated carbocycles. The van der Waals surface area contributed by atoms with Crippen molar-refractivity contribution in [3.05, 3.63) is 64.0 Å². The Kier molecular flexibility index (Phi) is 5.12. The van der Waals surface area contributed by atoms with Gasteiger partial charge in [-0.05, 0) is 41.8 Å². The van der Waals surface area contributed by atoms with Crippen molar-refractivity contribution in [2.24, 2.45) is 0 Å². The van der Waals surface area contributed by atoms with E-state index in [-0.39, 0.29) is 11.6 Å². The number of nitrogens with one attached hydrogen (secondary N) is 1. The van der Waals surface area contributed by atoms with E-state index >= 15 is 0 Å². The van der Waals surface area contributed by atoms with Gasteiger partial charge in [-0.2, -0.15) is 4.98 Å². The first-order chi connectivity index (χ1) is 13.6. The van der Waals surface area contributed by atoms with Gasteiger partial charge in [0.2, 0.25) is 0 Å². The number of hydrogen-bond acceptors (Lipinski definition) is 6. The van der Waals surface area contributed by atoms with Crippen molar-refractivity contribution < 1.29 is 9.53 Å². The van der Waals surface area contributed by atoms with Crippen molar-refractivity contribution >= 4 is 22.9 Å². The number of carbonyl (C=O) groups excluding carboxylic acids is 1. The minimum Gasteiger partial charge on any atom is -0.497 e. The third-order valence-corrected chi connectivity index (χ3v) is 5.66. The lowest BCUT2D eigenvalue weighted by Gasteiger charge is -2.36. The van der Waals surface area contributed by atoms with E-state index in [1.54, 1.807) is 18.1 Å². The number of piperazine rings is 1. The fourth-order valence-electron chi connectivity index (χ4n) is 3.25. The molecule has 28 heavy (non-hydrogen) atoms. The Labute approximate surface area is 166 Å². The lowest BCUT2D eigenvalue weighted by atomic mass is 10.2. The van der Waals surface area contributed by atoms with Crippen LogP contribution in [0.4, 0.5) is 5.69 Å². The highest BCUT2D eigenvalue weighted by Gasteiger charge is 2.24. The zero-order chi connectivity index (χ0) is 19.5. The number of hydrogen-bond donors (Lipinski definition) is 1. The molecule has 0 atom stereocenters. The van der Waals surface area contributed by atoms with E-state index in [0.717, 1.165) is 29.4 Å². The first kappa shape index (κ1) is 18.2. The maximum absolute atomic E-state index is 12.9. The molecule has 1 aliphatic heterocycles. The van der Waals surface area contributed by atoms with Gasteiger partial charge in [0.05, 0.1) is 17.7 Å². The molecule has 1 aliphatic rings. The summed E-state index contributed by atoms with van der Waals surface area (Å²) >= 11 is 1.50. The Morgan fingerprint density at radius 3 is 2.54 bits per heavy atom. The quantitative estimate of drug-likeness (QED) is 0.733. The molecule has 3 heterocycles. The van der Waals surface area contributed by atoms with Gasteiger partial charge >= 0.3 is 5.69 Å². The monoisotopic (exact) mass is 396 g/mol. The topological polar surface area (TPSA) is 78.5 Å². The third-order valence-electron chi connectivity index (χ3n) is 4.75. The van der Waals surface area contributed by atoms with Crippen molar-refractivity contribution in [3.8, 4) is 16.3 Å². The number of methoxy groups -OCH3 is 1. The molecule has 2 aromatic heterocycles. The highest BCUT2D eigenvalue weighted by Crippen LogP contribution is 2.23. The number of carbonyl (C=O) groups is 1. The van der Waals surface area contributed by atoms with Crippen LogP contribution in [-0.4, -0.2) is 54.1 Å². The van der Waals surface area contributed by atoms with Gasteiger partial charge in [0.1, 0.15) is 11.4 Å². The fourth-order valence-corrected chi connectivity index (χ4v) is 3.95. The number of aromatic nitrogens is 2. The van der Waals surface area contributed by atoms with E-state index in [4.69, 9.17) is 4.74 Å². The van der Waals surface area contributed by atoms with Crippen LogP contribution in [-0.2, 0) is 0 Å². The van der Waals surface area contributed by atoms with Crippen LogP contribution in [0.2, 0.25) is 0 Å². The van der Waals surface area contributed by atoms with Crippen molar-refractivity contribution in [2.45, 2.75) is 0 Å². The molecule has 0 spiro atoms. The van der Waals surface area contributed by atoms with Gasteiger partial charge in [-0.25, -0.2) is 4.79 Å². The first-order valence-electron chi connectivity index (χ1n) is 8.97. The first-order valence-corrected chi connectivity index (χ1v) is 9.85. The van der Waals surface area contributed by atoms with Gasteiger partial charge in [-0.15, -0.1) is 11.3 Å². The second kappa shape index (κ2) is 7.85. The van der Waals surface area contributed by atoms with E-state index in [1.807, 2.05) is 41.8 Å². The van der Waals surface area contributed by atoms with E-state index < -0.39 is 5.69 Å². The summed E-state index contributed by atoms with van der Waals surface area (Å²) < 4.78 is 5.19. The Hall–Kier alpha value is -3.13. The molecule has 8 heteroatoms. The van der Waals surface area contributed by atoms with Crippen molar-refractivity contribution in [3.63, 3.8) is 0 Å². The van der Waals surface area contributed by atoms with Crippen LogP contribution < -0.4 is 15.3 Å². The molecule has 3 aromatic rings. The molecule has 1 aromatic carbocycles. The molecule has 1 fully saturated rings. The number of thiophene rings is 1. The van der Waals surface area contributed by atoms with E-state index in [2.05, 4.69) is 14.9 Å². The lowest BCUT2D eigenvalue weighted by molar-refractivity contribution is 0.0740. The van der Waals surface area contributed by atoms with Gasteiger partial charge in [-0.3, -0.25) is 4.79 Å². The van der Waals surface area contributed by atoms with Crippen LogP contribution >= 0.6 is 11.3 Å². The molecular formula is C20H20N4O3S. The standard InChI is InChI=1S/C20H20N4O3S/c1-27-15-6-4-14(5-7-15)23-8-10-24(11-9-23)19(25)17-13-16(21-20(26)22-17)18-3-2-12-28-18/h2-7,12-13H,8-11H2,1H3,(H,21,22,26). The number of aromatic amines is 1. The maximum atomic E-state index is 12.9. The van der Waals surface area contributed by atoms with Gasteiger partial charge in [0.15, 0.2) is 0 Å². The summed E-state index contributed by atoms with van der Waals surface area (Å²) in [6.07, 6.45) is 0. The van der Waals surface area contributed by atoms with Gasteiger partial charge in [0.25, 0.3) is 5.91 Å². The zero-order valence-electron chi connectivity index (χ0n) is 15.4. The molecule has 1 amide bonds. The number of amides is 1. The van der Waals surface area contributed by atoms with Crippen LogP contribution in [0, 0.1) is 0 Å². The SMILES string of the molecule is COc1ccc(N2CCN(C(=O)c3cc(-c4cccs4)[nH]c(=O)n3)CC2)cc1. The molecule has 7 nitrogen and oxygen atoms in total. The maximum Gasteiger partial charge on any atom is 0.346 e. The summed E-state index contributed by atoms with van der Waals surface area (Å²) in [5.74, 6) is 0.609. The Morgan fingerprint density at radius 1 is 1.14 bits per heavy atom. The number of rotatable bonds is 4. The molecule has 144 valence electrons. The molecule has 1 saturated heterocycles. The van der Waals surface area contributed by atoms with E-state index in [1.165, 1.54) is 11.3 Å². The minimum absolute atomic E-state index is 0.185. The van der Waals surface area contributed by atoms with Crippen molar-refractivity contribution in [2.75, 3.05) is 38.2 Å². The van der Waals surface area contributed by atoms with Crippen LogP contribution in [0.25, 0.3) is 10.6 Å². The predicted octanol–water partition coefficient (Wildman–Crippen LogP) is 2.47. The molecule has 0 aliphatic carbocycles. The molecular weight excluding hydrogens is 376 g/mol. The summed E-state index contributed by atoms with van der Waals surface area (Å²) in [4.78, 5) is 36.3. The van der Waals surface area contributed by atoms with Crippen LogP contribution in [0.5, 0.6) is 5.75 Å². The normalized spacial score (nSPS) is 14.2. The minimum atomic E-state index is -0.508. The van der Waals surface area contributed by atoms with E-state index in [9.17, 15) is 9.59 Å². The van der Waals surface area contributed by atoms with Crippen LogP contribution in [0.1, 0.15) is 10.5 Å². The van der Waals surface area contributed by atoms with Crippen LogP contribution in [0.15, 0.2) is 52.6 Å². The number of ether oxygens (including phenoxy) is 1. The summed E-state index contributed by atoms with van der Waals surface area (Å²) in [5.41, 5.74) is 1.40. The zero-order valence-corrected chi connectivity index (χ0v) is 16.2. The average molecular weight is 396 g/mol. The number of H-pyrrole nitrogens is 1. The number of anilines is 1. The Balaban J connectivity index is 1.46. The Morgan fingerprint density at radius 2 is 1.89 bits per heavy atom. The molecule has 4 rings (SSSR count). The van der Waals surface area contributed by atoms with Gasteiger partial charge < -0.3 is 19.5 Å². The van der Waals surface area contributed by atoms with Crippen molar-refractivity contribution in [1.29, 1.82) is 0 Å². The van der Waals surface area contributed by atoms with Gasteiger partial charge in [0, 0.05) is 31.9 Å². The molecule has 1 N–H and O–H groups in total. The second-order valence-corrected chi connectivity index (χ2v) is 7.39. The highest BCUT2D eigenvalue weighted by molar-refractivity contribution is 7.13. The molecule has 0 bridgehead atoms. The fraction of sp³-hybridized carbons (Fsp3) is 0.250. The highest BCUT2D eigenvalue weighted by atomic mass is 32.1. The summed E-state index contributed by atoms with van der Waals surface area (Å²) in [5, 5.41) is 1.92. The summed E-state index contributed by atoms with van der Waals surface area (Å²) in [6.45, 7) is 2.60. The smallest absolute Gasteiger partial charge is 0.346 e. The number of nitrogens with zero attached hydrogens (tertiary/aromatic N) is 3. The second-order valence-electron chi connectivity index (χ2n) is 6.44. The lowest BCUT2D eigenvalue weighted by Crippen LogP contribution is -2.49. The Bertz CT molecular complexity index is 1010. The predicted molar refractivity (Wildman–Crippen MR) is 109 cm³/mol. The number of benzene rings is 1. The van der Waals surface area contributed by atoms with Crippen LogP contribution in [0.3, 0.4) is 0 Å². The van der Waals surface area contributed by atoms with E-state index in [0.29, 0.717) is 18.8 Å². The third kappa shape index (κ3) is 3.77.